The number of amides is 1. The zero-order valence-electron chi connectivity index (χ0n) is 10.2. The van der Waals surface area contributed by atoms with Gasteiger partial charge < -0.3 is 15.2 Å². The SMILES string of the molecule is O=C(O)c1cccc(C(=O)NCCOCC(F)(F)F)c1. The number of rotatable bonds is 6. The summed E-state index contributed by atoms with van der Waals surface area (Å²) in [6.07, 6.45) is -4.40. The molecule has 0 aliphatic heterocycles. The monoisotopic (exact) mass is 291 g/mol. The summed E-state index contributed by atoms with van der Waals surface area (Å²) in [5.74, 6) is -1.75. The number of alkyl halides is 3. The average molecular weight is 291 g/mol. The predicted molar refractivity (Wildman–Crippen MR) is 62.6 cm³/mol. The summed E-state index contributed by atoms with van der Waals surface area (Å²) < 4.78 is 39.6. The van der Waals surface area contributed by atoms with Crippen molar-refractivity contribution in [3.8, 4) is 0 Å². The van der Waals surface area contributed by atoms with Crippen molar-refractivity contribution in [3.05, 3.63) is 35.4 Å². The van der Waals surface area contributed by atoms with E-state index >= 15 is 0 Å². The number of carboxylic acids is 1. The Hall–Kier alpha value is -2.09. The second-order valence-corrected chi connectivity index (χ2v) is 3.81. The van der Waals surface area contributed by atoms with Gasteiger partial charge in [-0.15, -0.1) is 0 Å². The molecule has 0 atom stereocenters. The molecule has 1 rings (SSSR count). The first-order valence-electron chi connectivity index (χ1n) is 5.55. The van der Waals surface area contributed by atoms with E-state index in [-0.39, 0.29) is 24.3 Å². The molecule has 20 heavy (non-hydrogen) atoms. The predicted octanol–water partition coefficient (Wildman–Crippen LogP) is 1.69. The molecule has 0 unspecified atom stereocenters. The summed E-state index contributed by atoms with van der Waals surface area (Å²) >= 11 is 0. The van der Waals surface area contributed by atoms with Crippen molar-refractivity contribution in [2.45, 2.75) is 6.18 Å². The van der Waals surface area contributed by atoms with E-state index in [0.29, 0.717) is 0 Å². The van der Waals surface area contributed by atoms with E-state index < -0.39 is 24.7 Å². The van der Waals surface area contributed by atoms with Crippen LogP contribution < -0.4 is 5.32 Å². The fourth-order valence-corrected chi connectivity index (χ4v) is 1.32. The minimum atomic E-state index is -4.40. The first-order valence-corrected chi connectivity index (χ1v) is 5.55. The van der Waals surface area contributed by atoms with Gasteiger partial charge in [-0.3, -0.25) is 4.79 Å². The topological polar surface area (TPSA) is 75.6 Å². The Kier molecular flexibility index (Phi) is 5.51. The summed E-state index contributed by atoms with van der Waals surface area (Å²) in [5.41, 5.74) is 0.0618. The summed E-state index contributed by atoms with van der Waals surface area (Å²) in [5, 5.41) is 11.1. The molecule has 2 N–H and O–H groups in total. The highest BCUT2D eigenvalue weighted by Crippen LogP contribution is 2.14. The normalized spacial score (nSPS) is 11.2. The van der Waals surface area contributed by atoms with Gasteiger partial charge in [-0.2, -0.15) is 13.2 Å². The van der Waals surface area contributed by atoms with E-state index in [2.05, 4.69) is 10.1 Å². The first-order chi connectivity index (χ1) is 9.29. The number of carbonyl (C=O) groups is 2. The molecule has 1 amide bonds. The van der Waals surface area contributed by atoms with Gasteiger partial charge in [0.05, 0.1) is 12.2 Å². The summed E-state index contributed by atoms with van der Waals surface area (Å²) in [4.78, 5) is 22.3. The molecule has 0 aromatic heterocycles. The maximum atomic E-state index is 11.8. The van der Waals surface area contributed by atoms with E-state index in [1.807, 2.05) is 0 Å². The lowest BCUT2D eigenvalue weighted by atomic mass is 10.1. The van der Waals surface area contributed by atoms with Crippen LogP contribution in [0.5, 0.6) is 0 Å². The van der Waals surface area contributed by atoms with Crippen LogP contribution in [0.25, 0.3) is 0 Å². The van der Waals surface area contributed by atoms with Gasteiger partial charge in [-0.25, -0.2) is 4.79 Å². The van der Waals surface area contributed by atoms with Crippen molar-refractivity contribution >= 4 is 11.9 Å². The van der Waals surface area contributed by atoms with Crippen molar-refractivity contribution in [1.29, 1.82) is 0 Å². The third kappa shape index (κ3) is 5.70. The highest BCUT2D eigenvalue weighted by molar-refractivity contribution is 5.97. The van der Waals surface area contributed by atoms with Crippen LogP contribution in [0.3, 0.4) is 0 Å². The van der Waals surface area contributed by atoms with Gasteiger partial charge in [-0.1, -0.05) is 6.07 Å². The third-order valence-electron chi connectivity index (χ3n) is 2.17. The number of hydrogen-bond donors (Lipinski definition) is 2. The molecule has 0 saturated heterocycles. The van der Waals surface area contributed by atoms with Crippen LogP contribution in [0, 0.1) is 0 Å². The molecule has 8 heteroatoms. The highest BCUT2D eigenvalue weighted by atomic mass is 19.4. The Morgan fingerprint density at radius 2 is 1.90 bits per heavy atom. The van der Waals surface area contributed by atoms with Crippen molar-refractivity contribution in [2.24, 2.45) is 0 Å². The molecule has 0 spiro atoms. The number of aromatic carboxylic acids is 1. The summed E-state index contributed by atoms with van der Waals surface area (Å²) in [6.45, 7) is -1.77. The Morgan fingerprint density at radius 1 is 1.25 bits per heavy atom. The van der Waals surface area contributed by atoms with Gasteiger partial charge in [-0.05, 0) is 18.2 Å². The van der Waals surface area contributed by atoms with E-state index in [4.69, 9.17) is 5.11 Å². The molecule has 0 radical (unpaired) electrons. The number of nitrogens with one attached hydrogen (secondary N) is 1. The fraction of sp³-hybridized carbons (Fsp3) is 0.333. The van der Waals surface area contributed by atoms with Crippen LogP contribution in [-0.2, 0) is 4.74 Å². The third-order valence-corrected chi connectivity index (χ3v) is 2.17. The standard InChI is InChI=1S/C12H12F3NO4/c13-12(14,15)7-20-5-4-16-10(17)8-2-1-3-9(6-8)11(18)19/h1-3,6H,4-5,7H2,(H,16,17)(H,18,19). The van der Waals surface area contributed by atoms with Gasteiger partial charge in [0.1, 0.15) is 6.61 Å². The number of ether oxygens (including phenoxy) is 1. The fourth-order valence-electron chi connectivity index (χ4n) is 1.32. The zero-order chi connectivity index (χ0) is 15.2. The quantitative estimate of drug-likeness (QED) is 0.782. The van der Waals surface area contributed by atoms with Gasteiger partial charge in [0.2, 0.25) is 0 Å². The van der Waals surface area contributed by atoms with Crippen molar-refractivity contribution in [1.82, 2.24) is 5.32 Å². The molecule has 5 nitrogen and oxygen atoms in total. The zero-order valence-corrected chi connectivity index (χ0v) is 10.2. The summed E-state index contributed by atoms with van der Waals surface area (Å²) in [7, 11) is 0. The van der Waals surface area contributed by atoms with Gasteiger partial charge in [0, 0.05) is 12.1 Å². The van der Waals surface area contributed by atoms with Crippen LogP contribution in [0.15, 0.2) is 24.3 Å². The molecule has 1 aromatic rings. The van der Waals surface area contributed by atoms with Gasteiger partial charge in [0.25, 0.3) is 5.91 Å². The smallest absolute Gasteiger partial charge is 0.411 e. The molecule has 0 aliphatic rings. The van der Waals surface area contributed by atoms with Crippen LogP contribution in [0.1, 0.15) is 20.7 Å². The molecular weight excluding hydrogens is 279 g/mol. The molecule has 0 heterocycles. The number of hydrogen-bond acceptors (Lipinski definition) is 3. The number of carbonyl (C=O) groups excluding carboxylic acids is 1. The maximum Gasteiger partial charge on any atom is 0.411 e. The van der Waals surface area contributed by atoms with Gasteiger partial charge >= 0.3 is 12.1 Å². The van der Waals surface area contributed by atoms with Gasteiger partial charge in [0.15, 0.2) is 0 Å². The molecule has 1 aromatic carbocycles. The first kappa shape index (κ1) is 16.0. The lowest BCUT2D eigenvalue weighted by Crippen LogP contribution is -2.29. The minimum Gasteiger partial charge on any atom is -0.478 e. The minimum absolute atomic E-state index is 0.0500. The molecule has 110 valence electrons. The van der Waals surface area contributed by atoms with Crippen molar-refractivity contribution < 1.29 is 32.6 Å². The second kappa shape index (κ2) is 6.90. The molecule has 0 saturated carbocycles. The molecular formula is C12H12F3NO4. The van der Waals surface area contributed by atoms with Crippen LogP contribution in [-0.4, -0.2) is 42.9 Å². The van der Waals surface area contributed by atoms with E-state index in [9.17, 15) is 22.8 Å². The average Bonchev–Trinajstić information content (AvgIpc) is 2.37. The lowest BCUT2D eigenvalue weighted by molar-refractivity contribution is -0.173. The molecule has 0 aliphatic carbocycles. The van der Waals surface area contributed by atoms with Crippen LogP contribution >= 0.6 is 0 Å². The maximum absolute atomic E-state index is 11.8. The second-order valence-electron chi connectivity index (χ2n) is 3.81. The van der Waals surface area contributed by atoms with Crippen molar-refractivity contribution in [3.63, 3.8) is 0 Å². The molecule has 0 bridgehead atoms. The van der Waals surface area contributed by atoms with E-state index in [1.165, 1.54) is 24.3 Å². The Morgan fingerprint density at radius 3 is 2.50 bits per heavy atom. The van der Waals surface area contributed by atoms with E-state index in [1.54, 1.807) is 0 Å². The van der Waals surface area contributed by atoms with E-state index in [0.717, 1.165) is 0 Å². The Balaban J connectivity index is 2.40. The number of halogens is 3. The van der Waals surface area contributed by atoms with Crippen LogP contribution in [0.4, 0.5) is 13.2 Å². The lowest BCUT2D eigenvalue weighted by Gasteiger charge is -2.08. The number of benzene rings is 1. The highest BCUT2D eigenvalue weighted by Gasteiger charge is 2.27. The largest absolute Gasteiger partial charge is 0.478 e. The summed E-state index contributed by atoms with van der Waals surface area (Å²) in [6, 6.07) is 5.30. The molecule has 0 fully saturated rings. The Bertz CT molecular complexity index is 488. The number of carboxylic acid groups (broad SMARTS) is 1. The Labute approximate surface area is 112 Å². The van der Waals surface area contributed by atoms with Crippen molar-refractivity contribution in [2.75, 3.05) is 19.8 Å². The van der Waals surface area contributed by atoms with Crippen LogP contribution in [0.2, 0.25) is 0 Å².